The maximum atomic E-state index is 13.4. The minimum absolute atomic E-state index is 0.0871. The van der Waals surface area contributed by atoms with Gasteiger partial charge in [0.2, 0.25) is 0 Å². The number of hydroxylamine groups is 1. The van der Waals surface area contributed by atoms with Gasteiger partial charge in [0, 0.05) is 18.4 Å². The van der Waals surface area contributed by atoms with E-state index in [9.17, 15) is 23.2 Å². The summed E-state index contributed by atoms with van der Waals surface area (Å²) in [4.78, 5) is 37.3. The molecular weight excluding hydrogens is 384 g/mol. The SMILES string of the molecule is O=C(NO)c1ccc(Cn2c(=O)n(C3CC(F)(F)C3)c(=O)c3ccccc32)cc1. The predicted octanol–water partition coefficient (Wildman–Crippen LogP) is 2.30. The number of rotatable bonds is 4. The van der Waals surface area contributed by atoms with Gasteiger partial charge in [-0.1, -0.05) is 24.3 Å². The summed E-state index contributed by atoms with van der Waals surface area (Å²) in [6.07, 6.45) is -1.07. The molecule has 1 fully saturated rings. The van der Waals surface area contributed by atoms with E-state index in [1.807, 2.05) is 0 Å². The van der Waals surface area contributed by atoms with Crippen LogP contribution in [0, 0.1) is 0 Å². The van der Waals surface area contributed by atoms with Crippen LogP contribution in [0.1, 0.15) is 34.8 Å². The smallest absolute Gasteiger partial charge is 0.289 e. The monoisotopic (exact) mass is 401 g/mol. The van der Waals surface area contributed by atoms with Crippen molar-refractivity contribution in [3.8, 4) is 0 Å². The highest BCUT2D eigenvalue weighted by Crippen LogP contribution is 2.44. The number of amides is 1. The first-order valence-electron chi connectivity index (χ1n) is 8.96. The number of aromatic nitrogens is 2. The van der Waals surface area contributed by atoms with Crippen molar-refractivity contribution in [2.45, 2.75) is 31.4 Å². The van der Waals surface area contributed by atoms with Gasteiger partial charge in [-0.2, -0.15) is 0 Å². The van der Waals surface area contributed by atoms with E-state index in [1.165, 1.54) is 22.2 Å². The second-order valence-electron chi connectivity index (χ2n) is 7.12. The van der Waals surface area contributed by atoms with E-state index in [0.29, 0.717) is 11.1 Å². The molecule has 0 bridgehead atoms. The zero-order chi connectivity index (χ0) is 20.8. The average Bonchev–Trinajstić information content (AvgIpc) is 2.69. The standard InChI is InChI=1S/C20H17F2N3O4/c21-20(22)9-14(10-20)25-18(27)15-3-1-2-4-16(15)24(19(25)28)11-12-5-7-13(8-6-12)17(26)23-29/h1-8,14,29H,9-11H2,(H,23,26). The largest absolute Gasteiger partial charge is 0.332 e. The Morgan fingerprint density at radius 1 is 1.10 bits per heavy atom. The molecule has 1 heterocycles. The normalized spacial score (nSPS) is 15.8. The van der Waals surface area contributed by atoms with Crippen molar-refractivity contribution in [3.63, 3.8) is 0 Å². The van der Waals surface area contributed by atoms with Gasteiger partial charge in [0.15, 0.2) is 0 Å². The fraction of sp³-hybridized carbons (Fsp3) is 0.250. The van der Waals surface area contributed by atoms with Gasteiger partial charge in [-0.05, 0) is 29.8 Å². The van der Waals surface area contributed by atoms with Crippen molar-refractivity contribution in [1.82, 2.24) is 14.6 Å². The maximum absolute atomic E-state index is 13.4. The van der Waals surface area contributed by atoms with Gasteiger partial charge in [0.1, 0.15) is 0 Å². The molecule has 0 spiro atoms. The van der Waals surface area contributed by atoms with E-state index < -0.39 is 42.0 Å². The molecule has 1 aromatic heterocycles. The van der Waals surface area contributed by atoms with E-state index in [1.54, 1.807) is 36.4 Å². The van der Waals surface area contributed by atoms with Crippen molar-refractivity contribution < 1.29 is 18.8 Å². The summed E-state index contributed by atoms with van der Waals surface area (Å²) in [7, 11) is 0. The van der Waals surface area contributed by atoms with E-state index in [2.05, 4.69) is 0 Å². The summed E-state index contributed by atoms with van der Waals surface area (Å²) in [5.74, 6) is -3.53. The van der Waals surface area contributed by atoms with Gasteiger partial charge in [0.05, 0.1) is 23.5 Å². The lowest BCUT2D eigenvalue weighted by molar-refractivity contribution is -0.105. The Labute approximate surface area is 162 Å². The summed E-state index contributed by atoms with van der Waals surface area (Å²) in [6.45, 7) is 0.0871. The van der Waals surface area contributed by atoms with Gasteiger partial charge < -0.3 is 0 Å². The Bertz CT molecular complexity index is 1210. The van der Waals surface area contributed by atoms with Crippen molar-refractivity contribution in [2.75, 3.05) is 0 Å². The number of carbonyl (C=O) groups is 1. The Morgan fingerprint density at radius 2 is 1.76 bits per heavy atom. The third-order valence-electron chi connectivity index (χ3n) is 5.17. The molecule has 150 valence electrons. The lowest BCUT2D eigenvalue weighted by atomic mass is 9.88. The number of fused-ring (bicyclic) bond motifs is 1. The van der Waals surface area contributed by atoms with Crippen LogP contribution in [0.3, 0.4) is 0 Å². The fourth-order valence-electron chi connectivity index (χ4n) is 3.64. The molecule has 4 rings (SSSR count). The van der Waals surface area contributed by atoms with Gasteiger partial charge in [-0.25, -0.2) is 19.1 Å². The first kappa shape index (κ1) is 19.0. The third-order valence-corrected chi connectivity index (χ3v) is 5.17. The van der Waals surface area contributed by atoms with Gasteiger partial charge in [-0.15, -0.1) is 0 Å². The molecule has 1 aliphatic carbocycles. The highest BCUT2D eigenvalue weighted by molar-refractivity contribution is 5.93. The topological polar surface area (TPSA) is 93.3 Å². The van der Waals surface area contributed by atoms with E-state index >= 15 is 0 Å². The first-order chi connectivity index (χ1) is 13.8. The second kappa shape index (κ2) is 6.93. The summed E-state index contributed by atoms with van der Waals surface area (Å²) in [5.41, 5.74) is 1.62. The van der Waals surface area contributed by atoms with Crippen LogP contribution in [0.2, 0.25) is 0 Å². The van der Waals surface area contributed by atoms with Crippen molar-refractivity contribution >= 4 is 16.8 Å². The van der Waals surface area contributed by atoms with Crippen LogP contribution in [-0.4, -0.2) is 26.2 Å². The minimum atomic E-state index is -2.86. The lowest BCUT2D eigenvalue weighted by Crippen LogP contribution is -2.49. The molecule has 0 atom stereocenters. The number of hydrogen-bond acceptors (Lipinski definition) is 4. The molecule has 0 saturated heterocycles. The van der Waals surface area contributed by atoms with Crippen molar-refractivity contribution in [3.05, 3.63) is 80.5 Å². The summed E-state index contributed by atoms with van der Waals surface area (Å²) in [6, 6.07) is 11.9. The predicted molar refractivity (Wildman–Crippen MR) is 100 cm³/mol. The van der Waals surface area contributed by atoms with Crippen molar-refractivity contribution in [1.29, 1.82) is 0 Å². The summed E-state index contributed by atoms with van der Waals surface area (Å²) >= 11 is 0. The van der Waals surface area contributed by atoms with Crippen LogP contribution >= 0.6 is 0 Å². The Hall–Kier alpha value is -3.33. The highest BCUT2D eigenvalue weighted by atomic mass is 19.3. The Kier molecular flexibility index (Phi) is 4.54. The highest BCUT2D eigenvalue weighted by Gasteiger charge is 2.47. The van der Waals surface area contributed by atoms with Crippen LogP contribution in [-0.2, 0) is 6.54 Å². The molecule has 2 aromatic carbocycles. The molecule has 9 heteroatoms. The second-order valence-corrected chi connectivity index (χ2v) is 7.12. The lowest BCUT2D eigenvalue weighted by Gasteiger charge is -2.35. The average molecular weight is 401 g/mol. The van der Waals surface area contributed by atoms with Crippen LogP contribution in [0.5, 0.6) is 0 Å². The Morgan fingerprint density at radius 3 is 2.38 bits per heavy atom. The Balaban J connectivity index is 1.80. The molecule has 1 aliphatic rings. The van der Waals surface area contributed by atoms with E-state index in [-0.39, 0.29) is 17.5 Å². The number of benzene rings is 2. The number of para-hydroxylation sites is 1. The van der Waals surface area contributed by atoms with Crippen LogP contribution in [0.15, 0.2) is 58.1 Å². The van der Waals surface area contributed by atoms with Crippen LogP contribution in [0.25, 0.3) is 10.9 Å². The molecule has 1 saturated carbocycles. The number of alkyl halides is 2. The maximum Gasteiger partial charge on any atom is 0.332 e. The third kappa shape index (κ3) is 3.33. The molecule has 0 radical (unpaired) electrons. The van der Waals surface area contributed by atoms with Crippen LogP contribution in [0.4, 0.5) is 8.78 Å². The quantitative estimate of drug-likeness (QED) is 0.518. The number of halogens is 2. The molecule has 7 nitrogen and oxygen atoms in total. The molecule has 29 heavy (non-hydrogen) atoms. The zero-order valence-electron chi connectivity index (χ0n) is 15.1. The number of hydrogen-bond donors (Lipinski definition) is 2. The van der Waals surface area contributed by atoms with Gasteiger partial charge in [-0.3, -0.25) is 23.9 Å². The van der Waals surface area contributed by atoms with E-state index in [4.69, 9.17) is 5.21 Å². The van der Waals surface area contributed by atoms with E-state index in [0.717, 1.165) is 4.57 Å². The molecular formula is C20H17F2N3O4. The fourth-order valence-corrected chi connectivity index (χ4v) is 3.64. The van der Waals surface area contributed by atoms with Crippen molar-refractivity contribution in [2.24, 2.45) is 0 Å². The van der Waals surface area contributed by atoms with Gasteiger partial charge >= 0.3 is 5.69 Å². The number of nitrogens with one attached hydrogen (secondary N) is 1. The molecule has 2 N–H and O–H groups in total. The summed E-state index contributed by atoms with van der Waals surface area (Å²) < 4.78 is 29.0. The zero-order valence-corrected chi connectivity index (χ0v) is 15.1. The molecule has 0 aliphatic heterocycles. The summed E-state index contributed by atoms with van der Waals surface area (Å²) in [5, 5.41) is 8.97. The number of carbonyl (C=O) groups excluding carboxylic acids is 1. The molecule has 3 aromatic rings. The minimum Gasteiger partial charge on any atom is -0.289 e. The molecule has 1 amide bonds. The van der Waals surface area contributed by atoms with Gasteiger partial charge in [0.25, 0.3) is 17.4 Å². The molecule has 0 unspecified atom stereocenters. The first-order valence-corrected chi connectivity index (χ1v) is 8.96. The van der Waals surface area contributed by atoms with Crippen LogP contribution < -0.4 is 16.7 Å². The number of nitrogens with zero attached hydrogens (tertiary/aromatic N) is 2.